The van der Waals surface area contributed by atoms with E-state index in [1.54, 1.807) is 0 Å². The summed E-state index contributed by atoms with van der Waals surface area (Å²) in [5.74, 6) is -3.65. The Kier molecular flexibility index (Phi) is 7.53. The fourth-order valence-corrected chi connectivity index (χ4v) is 3.27. The topological polar surface area (TPSA) is 105 Å². The number of rotatable bonds is 5. The summed E-state index contributed by atoms with van der Waals surface area (Å²) in [7, 11) is 0. The van der Waals surface area contributed by atoms with E-state index in [1.165, 1.54) is 10.8 Å². The van der Waals surface area contributed by atoms with Crippen molar-refractivity contribution >= 4 is 22.7 Å². The highest BCUT2D eigenvalue weighted by Crippen LogP contribution is 2.18. The molecule has 8 nitrogen and oxygen atoms in total. The Morgan fingerprint density at radius 1 is 0.967 bits per heavy atom. The summed E-state index contributed by atoms with van der Waals surface area (Å²) in [6, 6.07) is 17.0. The van der Waals surface area contributed by atoms with Crippen LogP contribution in [-0.4, -0.2) is 69.7 Å². The number of carbonyl (C=O) groups is 2. The minimum atomic E-state index is -1.82. The van der Waals surface area contributed by atoms with Gasteiger partial charge in [-0.3, -0.25) is 4.90 Å². The Balaban J connectivity index is 0.000000377. The molecule has 30 heavy (non-hydrogen) atoms. The van der Waals surface area contributed by atoms with Crippen molar-refractivity contribution in [3.8, 4) is 5.69 Å². The quantitative estimate of drug-likeness (QED) is 0.621. The van der Waals surface area contributed by atoms with E-state index in [-0.39, 0.29) is 0 Å². The number of aliphatic carboxylic acids is 2. The number of nitrogens with zero attached hydrogens (tertiary/aromatic N) is 3. The number of carboxylic acid groups (broad SMARTS) is 2. The first-order chi connectivity index (χ1) is 14.5. The first-order valence-electron chi connectivity index (χ1n) is 9.83. The van der Waals surface area contributed by atoms with Crippen molar-refractivity contribution in [1.29, 1.82) is 0 Å². The Labute approximate surface area is 174 Å². The Hall–Kier alpha value is -3.23. The summed E-state index contributed by atoms with van der Waals surface area (Å²) in [5.41, 5.74) is 2.28. The maximum Gasteiger partial charge on any atom is 0.414 e. The molecule has 1 aliphatic heterocycles. The highest BCUT2D eigenvalue weighted by molar-refractivity contribution is 6.27. The number of aryl methyl sites for hydroxylation is 1. The molecule has 8 heteroatoms. The first kappa shape index (κ1) is 21.5. The molecule has 0 unspecified atom stereocenters. The Bertz CT molecular complexity index is 983. The fraction of sp³-hybridized carbons (Fsp3) is 0.318. The van der Waals surface area contributed by atoms with Crippen LogP contribution in [0.1, 0.15) is 12.1 Å². The molecular formula is C22H25N3O5. The van der Waals surface area contributed by atoms with Crippen LogP contribution in [0.15, 0.2) is 54.7 Å². The van der Waals surface area contributed by atoms with Gasteiger partial charge in [0.05, 0.1) is 24.6 Å². The third-order valence-electron chi connectivity index (χ3n) is 4.84. The molecule has 1 aromatic heterocycles. The second kappa shape index (κ2) is 10.5. The van der Waals surface area contributed by atoms with Gasteiger partial charge in [0.2, 0.25) is 0 Å². The van der Waals surface area contributed by atoms with E-state index in [0.29, 0.717) is 0 Å². The molecule has 0 bridgehead atoms. The van der Waals surface area contributed by atoms with E-state index in [2.05, 4.69) is 59.6 Å². The van der Waals surface area contributed by atoms with E-state index in [9.17, 15) is 0 Å². The van der Waals surface area contributed by atoms with Crippen molar-refractivity contribution in [1.82, 2.24) is 14.7 Å². The zero-order chi connectivity index (χ0) is 21.3. The van der Waals surface area contributed by atoms with Gasteiger partial charge in [0, 0.05) is 19.3 Å². The average molecular weight is 411 g/mol. The summed E-state index contributed by atoms with van der Waals surface area (Å²) < 4.78 is 7.37. The van der Waals surface area contributed by atoms with E-state index in [4.69, 9.17) is 29.6 Å². The lowest BCUT2D eigenvalue weighted by Crippen LogP contribution is -2.36. The molecule has 0 spiro atoms. The molecule has 0 radical (unpaired) electrons. The summed E-state index contributed by atoms with van der Waals surface area (Å²) in [6.45, 7) is 5.00. The van der Waals surface area contributed by atoms with Crippen molar-refractivity contribution < 1.29 is 24.5 Å². The van der Waals surface area contributed by atoms with Crippen LogP contribution in [0.2, 0.25) is 0 Å². The molecule has 2 N–H and O–H groups in total. The third-order valence-corrected chi connectivity index (χ3v) is 4.84. The average Bonchev–Trinajstić information content (AvgIpc) is 3.23. The highest BCUT2D eigenvalue weighted by atomic mass is 16.5. The number of morpholine rings is 1. The SMILES string of the molecule is O=C(O)C(=O)O.c1ccc2cc(-n3ccc(CCCN4CCOCC4)n3)ccc2c1. The van der Waals surface area contributed by atoms with Crippen LogP contribution >= 0.6 is 0 Å². The van der Waals surface area contributed by atoms with E-state index < -0.39 is 11.9 Å². The van der Waals surface area contributed by atoms with Crippen molar-refractivity contribution in [2.24, 2.45) is 0 Å². The number of benzene rings is 2. The lowest BCUT2D eigenvalue weighted by atomic mass is 10.1. The van der Waals surface area contributed by atoms with Crippen LogP contribution in [0.4, 0.5) is 0 Å². The van der Waals surface area contributed by atoms with Gasteiger partial charge in [-0.2, -0.15) is 5.10 Å². The maximum atomic E-state index is 9.10. The molecule has 1 saturated heterocycles. The van der Waals surface area contributed by atoms with Gasteiger partial charge in [-0.25, -0.2) is 14.3 Å². The van der Waals surface area contributed by atoms with E-state index >= 15 is 0 Å². The number of carboxylic acids is 2. The predicted molar refractivity (Wildman–Crippen MR) is 112 cm³/mol. The number of fused-ring (bicyclic) bond motifs is 1. The molecule has 158 valence electrons. The van der Waals surface area contributed by atoms with Crippen molar-refractivity contribution in [2.45, 2.75) is 12.8 Å². The minimum Gasteiger partial charge on any atom is -0.473 e. The van der Waals surface area contributed by atoms with Crippen molar-refractivity contribution in [3.63, 3.8) is 0 Å². The largest absolute Gasteiger partial charge is 0.473 e. The standard InChI is InChI=1S/C20H23N3O.C2H2O4/c1-2-5-18-16-20(8-7-17(18)4-1)23-11-9-19(21-23)6-3-10-22-12-14-24-15-13-22;3-1(4)2(5)6/h1-2,4-5,7-9,11,16H,3,6,10,12-15H2;(H,3,4)(H,5,6). The molecule has 0 saturated carbocycles. The molecule has 1 fully saturated rings. The summed E-state index contributed by atoms with van der Waals surface area (Å²) in [4.78, 5) is 20.7. The summed E-state index contributed by atoms with van der Waals surface area (Å²) >= 11 is 0. The highest BCUT2D eigenvalue weighted by Gasteiger charge is 2.10. The monoisotopic (exact) mass is 411 g/mol. The minimum absolute atomic E-state index is 0.872. The van der Waals surface area contributed by atoms with Gasteiger partial charge in [-0.05, 0) is 48.4 Å². The lowest BCUT2D eigenvalue weighted by Gasteiger charge is -2.26. The normalized spacial score (nSPS) is 14.1. The van der Waals surface area contributed by atoms with Crippen LogP contribution in [0.5, 0.6) is 0 Å². The van der Waals surface area contributed by atoms with Crippen LogP contribution < -0.4 is 0 Å². The number of hydrogen-bond acceptors (Lipinski definition) is 5. The molecule has 3 aromatic rings. The molecule has 4 rings (SSSR count). The zero-order valence-electron chi connectivity index (χ0n) is 16.6. The number of aromatic nitrogens is 2. The van der Waals surface area contributed by atoms with Crippen LogP contribution in [0.25, 0.3) is 16.5 Å². The van der Waals surface area contributed by atoms with Crippen molar-refractivity contribution in [3.05, 3.63) is 60.4 Å². The number of hydrogen-bond donors (Lipinski definition) is 2. The van der Waals surface area contributed by atoms with Crippen molar-refractivity contribution in [2.75, 3.05) is 32.8 Å². The van der Waals surface area contributed by atoms with Crippen LogP contribution in [0.3, 0.4) is 0 Å². The van der Waals surface area contributed by atoms with Gasteiger partial charge < -0.3 is 14.9 Å². The molecular weight excluding hydrogens is 386 g/mol. The Morgan fingerprint density at radius 2 is 1.67 bits per heavy atom. The Morgan fingerprint density at radius 3 is 2.37 bits per heavy atom. The lowest BCUT2D eigenvalue weighted by molar-refractivity contribution is -0.159. The molecule has 0 atom stereocenters. The summed E-state index contributed by atoms with van der Waals surface area (Å²) in [5, 5.41) is 22.0. The summed E-state index contributed by atoms with van der Waals surface area (Å²) in [6.07, 6.45) is 4.24. The molecule has 0 amide bonds. The second-order valence-electron chi connectivity index (χ2n) is 6.95. The van der Waals surface area contributed by atoms with E-state index in [0.717, 1.165) is 57.1 Å². The van der Waals surface area contributed by atoms with Crippen LogP contribution in [-0.2, 0) is 20.7 Å². The maximum absolute atomic E-state index is 9.10. The molecule has 2 aromatic carbocycles. The van der Waals surface area contributed by atoms with E-state index in [1.807, 2.05) is 4.68 Å². The van der Waals surface area contributed by atoms with Gasteiger partial charge in [-0.15, -0.1) is 0 Å². The van der Waals surface area contributed by atoms with Gasteiger partial charge in [0.25, 0.3) is 0 Å². The predicted octanol–water partition coefficient (Wildman–Crippen LogP) is 2.45. The molecule has 2 heterocycles. The zero-order valence-corrected chi connectivity index (χ0v) is 16.6. The molecule has 1 aliphatic rings. The second-order valence-corrected chi connectivity index (χ2v) is 6.95. The number of ether oxygens (including phenoxy) is 1. The van der Waals surface area contributed by atoms with Gasteiger partial charge in [0.1, 0.15) is 0 Å². The smallest absolute Gasteiger partial charge is 0.414 e. The van der Waals surface area contributed by atoms with Crippen LogP contribution in [0, 0.1) is 0 Å². The fourth-order valence-electron chi connectivity index (χ4n) is 3.27. The first-order valence-corrected chi connectivity index (χ1v) is 9.83. The third kappa shape index (κ3) is 6.13. The van der Waals surface area contributed by atoms with Gasteiger partial charge >= 0.3 is 11.9 Å². The van der Waals surface area contributed by atoms with Gasteiger partial charge in [0.15, 0.2) is 0 Å². The van der Waals surface area contributed by atoms with Gasteiger partial charge in [-0.1, -0.05) is 30.3 Å². The molecule has 0 aliphatic carbocycles.